The van der Waals surface area contributed by atoms with Crippen molar-refractivity contribution < 1.29 is 19.2 Å². The molecule has 0 bridgehead atoms. The van der Waals surface area contributed by atoms with Crippen molar-refractivity contribution in [1.29, 1.82) is 0 Å². The second-order valence-corrected chi connectivity index (χ2v) is 6.67. The van der Waals surface area contributed by atoms with Gasteiger partial charge in [0.25, 0.3) is 0 Å². The zero-order valence-electron chi connectivity index (χ0n) is 14.8. The van der Waals surface area contributed by atoms with E-state index in [-0.39, 0.29) is 18.8 Å². The summed E-state index contributed by atoms with van der Waals surface area (Å²) in [6, 6.07) is 0.456. The van der Waals surface area contributed by atoms with Gasteiger partial charge in [-0.05, 0) is 69.6 Å². The maximum atomic E-state index is 10.2. The lowest BCUT2D eigenvalue weighted by Crippen LogP contribution is -2.23. The lowest BCUT2D eigenvalue weighted by Gasteiger charge is -2.31. The minimum Gasteiger partial charge on any atom is -0.211 e. The first-order chi connectivity index (χ1) is 12.7. The van der Waals surface area contributed by atoms with Crippen LogP contribution in [0.3, 0.4) is 0 Å². The molecule has 0 aliphatic heterocycles. The van der Waals surface area contributed by atoms with Gasteiger partial charge in [0, 0.05) is 0 Å². The maximum Gasteiger partial charge on any atom is 0.236 e. The number of isocyanates is 4. The zero-order chi connectivity index (χ0) is 19.0. The Bertz CT molecular complexity index is 545. The van der Waals surface area contributed by atoms with Gasteiger partial charge in [-0.1, -0.05) is 0 Å². The highest BCUT2D eigenvalue weighted by Crippen LogP contribution is 2.36. The van der Waals surface area contributed by atoms with Crippen molar-refractivity contribution >= 4 is 24.3 Å². The Morgan fingerprint density at radius 1 is 0.577 bits per heavy atom. The molecule has 2 aliphatic carbocycles. The standard InChI is InChI=1S/C15H22N2O2.C3H2N2O2/c18-10-16-14-5-1-12(2-6-14)9-13-3-7-15(8-4-13)17-11-19;6-2-4-1-5-3-7/h12-15H,1-9H2;1H2. The fourth-order valence-electron chi connectivity index (χ4n) is 3.73. The summed E-state index contributed by atoms with van der Waals surface area (Å²) in [6.45, 7) is -0.160. The Labute approximate surface area is 152 Å². The van der Waals surface area contributed by atoms with Crippen LogP contribution in [0.4, 0.5) is 0 Å². The Balaban J connectivity index is 0.000000412. The first kappa shape index (κ1) is 21.6. The van der Waals surface area contributed by atoms with E-state index >= 15 is 0 Å². The van der Waals surface area contributed by atoms with E-state index < -0.39 is 0 Å². The van der Waals surface area contributed by atoms with E-state index in [0.29, 0.717) is 0 Å². The smallest absolute Gasteiger partial charge is 0.211 e. The number of hydrogen-bond acceptors (Lipinski definition) is 8. The highest BCUT2D eigenvalue weighted by Gasteiger charge is 2.26. The molecule has 2 fully saturated rings. The average molecular weight is 360 g/mol. The molecule has 0 aromatic heterocycles. The van der Waals surface area contributed by atoms with E-state index in [1.54, 1.807) is 12.2 Å². The lowest BCUT2D eigenvalue weighted by molar-refractivity contribution is 0.226. The molecule has 0 N–H and O–H groups in total. The van der Waals surface area contributed by atoms with Crippen LogP contribution in [0.2, 0.25) is 0 Å². The molecule has 8 heteroatoms. The van der Waals surface area contributed by atoms with Crippen LogP contribution < -0.4 is 0 Å². The van der Waals surface area contributed by atoms with Gasteiger partial charge in [0.2, 0.25) is 24.3 Å². The molecule has 2 aliphatic rings. The predicted molar refractivity (Wildman–Crippen MR) is 93.5 cm³/mol. The third-order valence-corrected chi connectivity index (χ3v) is 5.04. The van der Waals surface area contributed by atoms with Crippen LogP contribution in [0.5, 0.6) is 0 Å². The second kappa shape index (κ2) is 13.8. The third kappa shape index (κ3) is 9.12. The fourth-order valence-corrected chi connectivity index (χ4v) is 3.73. The summed E-state index contributed by atoms with van der Waals surface area (Å²) in [4.78, 5) is 52.4. The Morgan fingerprint density at radius 2 is 0.962 bits per heavy atom. The van der Waals surface area contributed by atoms with Crippen molar-refractivity contribution in [2.45, 2.75) is 69.9 Å². The molecular formula is C18H24N4O4. The van der Waals surface area contributed by atoms with Gasteiger partial charge in [-0.2, -0.15) is 9.98 Å². The van der Waals surface area contributed by atoms with Crippen LogP contribution in [-0.2, 0) is 19.2 Å². The highest BCUT2D eigenvalue weighted by molar-refractivity contribution is 5.35. The van der Waals surface area contributed by atoms with E-state index in [2.05, 4.69) is 20.0 Å². The molecule has 0 spiro atoms. The number of nitrogens with zero attached hydrogens (tertiary/aromatic N) is 4. The summed E-state index contributed by atoms with van der Waals surface area (Å²) in [5.41, 5.74) is 0. The van der Waals surface area contributed by atoms with Crippen molar-refractivity contribution in [2.24, 2.45) is 31.8 Å². The summed E-state index contributed by atoms with van der Waals surface area (Å²) in [6.07, 6.45) is 16.0. The number of hydrogen-bond donors (Lipinski definition) is 0. The second-order valence-electron chi connectivity index (χ2n) is 6.67. The monoisotopic (exact) mass is 360 g/mol. The fraction of sp³-hybridized carbons (Fsp3) is 0.778. The van der Waals surface area contributed by atoms with Gasteiger partial charge < -0.3 is 0 Å². The SMILES string of the molecule is O=C=NC1CCC(CC2CCC(N=C=O)CC2)CC1.O=C=NCN=C=O. The van der Waals surface area contributed by atoms with Gasteiger partial charge in [-0.25, -0.2) is 29.2 Å². The third-order valence-electron chi connectivity index (χ3n) is 5.04. The molecule has 2 rings (SSSR count). The molecule has 0 atom stereocenters. The summed E-state index contributed by atoms with van der Waals surface area (Å²) >= 11 is 0. The van der Waals surface area contributed by atoms with Crippen LogP contribution in [0.15, 0.2) is 20.0 Å². The van der Waals surface area contributed by atoms with Crippen molar-refractivity contribution in [3.8, 4) is 0 Å². The van der Waals surface area contributed by atoms with Gasteiger partial charge in [-0.15, -0.1) is 0 Å². The van der Waals surface area contributed by atoms with Crippen LogP contribution >= 0.6 is 0 Å². The molecule has 26 heavy (non-hydrogen) atoms. The van der Waals surface area contributed by atoms with Gasteiger partial charge >= 0.3 is 0 Å². The molecule has 140 valence electrons. The quantitative estimate of drug-likeness (QED) is 0.534. The lowest BCUT2D eigenvalue weighted by atomic mass is 9.76. The van der Waals surface area contributed by atoms with Gasteiger partial charge in [-0.3, -0.25) is 0 Å². The maximum absolute atomic E-state index is 10.2. The van der Waals surface area contributed by atoms with Crippen LogP contribution in [0.25, 0.3) is 0 Å². The normalized spacial score (nSPS) is 27.1. The molecule has 2 saturated carbocycles. The molecule has 0 aromatic rings. The van der Waals surface area contributed by atoms with Crippen LogP contribution in [-0.4, -0.2) is 43.1 Å². The summed E-state index contributed by atoms with van der Waals surface area (Å²) in [7, 11) is 0. The van der Waals surface area contributed by atoms with Crippen molar-refractivity contribution in [3.05, 3.63) is 0 Å². The minimum atomic E-state index is -0.160. The molecule has 0 unspecified atom stereocenters. The topological polar surface area (TPSA) is 118 Å². The molecule has 0 saturated heterocycles. The highest BCUT2D eigenvalue weighted by atomic mass is 16.1. The van der Waals surface area contributed by atoms with Crippen molar-refractivity contribution in [2.75, 3.05) is 6.67 Å². The molecular weight excluding hydrogens is 336 g/mol. The molecule has 0 heterocycles. The Hall–Kier alpha value is -2.48. The average Bonchev–Trinajstić information content (AvgIpc) is 2.66. The molecule has 0 radical (unpaired) electrons. The predicted octanol–water partition coefficient (Wildman–Crippen LogP) is 2.78. The molecule has 8 nitrogen and oxygen atoms in total. The Morgan fingerprint density at radius 3 is 1.27 bits per heavy atom. The summed E-state index contributed by atoms with van der Waals surface area (Å²) in [5.74, 6) is 1.60. The van der Waals surface area contributed by atoms with E-state index in [4.69, 9.17) is 0 Å². The van der Waals surface area contributed by atoms with E-state index in [0.717, 1.165) is 37.5 Å². The van der Waals surface area contributed by atoms with Crippen molar-refractivity contribution in [1.82, 2.24) is 0 Å². The molecule has 0 amide bonds. The first-order valence-electron chi connectivity index (χ1n) is 8.94. The van der Waals surface area contributed by atoms with Gasteiger partial charge in [0.05, 0.1) is 12.1 Å². The Kier molecular flexibility index (Phi) is 11.4. The number of rotatable bonds is 6. The summed E-state index contributed by atoms with van der Waals surface area (Å²) in [5, 5.41) is 0. The van der Waals surface area contributed by atoms with E-state index in [1.165, 1.54) is 44.3 Å². The largest absolute Gasteiger partial charge is 0.236 e. The number of carbonyl (C=O) groups excluding carboxylic acids is 4. The van der Waals surface area contributed by atoms with Crippen molar-refractivity contribution in [3.63, 3.8) is 0 Å². The van der Waals surface area contributed by atoms with E-state index in [1.807, 2.05) is 0 Å². The minimum absolute atomic E-state index is 0.160. The zero-order valence-corrected chi connectivity index (χ0v) is 14.8. The van der Waals surface area contributed by atoms with Gasteiger partial charge in [0.15, 0.2) is 6.67 Å². The molecule has 0 aromatic carbocycles. The van der Waals surface area contributed by atoms with E-state index in [9.17, 15) is 19.2 Å². The first-order valence-corrected chi connectivity index (χ1v) is 8.94. The van der Waals surface area contributed by atoms with Gasteiger partial charge in [0.1, 0.15) is 0 Å². The summed E-state index contributed by atoms with van der Waals surface area (Å²) < 4.78 is 0. The van der Waals surface area contributed by atoms with Crippen LogP contribution in [0, 0.1) is 11.8 Å². The number of aliphatic imine (C=N–C) groups is 4. The van der Waals surface area contributed by atoms with Crippen LogP contribution in [0.1, 0.15) is 57.8 Å².